The first-order valence-corrected chi connectivity index (χ1v) is 10.0. The largest absolute Gasteiger partial charge is 0.461 e. The van der Waals surface area contributed by atoms with Crippen LogP contribution in [-0.2, 0) is 11.3 Å². The highest BCUT2D eigenvalue weighted by molar-refractivity contribution is 6.05. The Labute approximate surface area is 181 Å². The van der Waals surface area contributed by atoms with Crippen molar-refractivity contribution in [2.45, 2.75) is 27.3 Å². The summed E-state index contributed by atoms with van der Waals surface area (Å²) in [5, 5.41) is 0. The van der Waals surface area contributed by atoms with Gasteiger partial charge in [-0.1, -0.05) is 18.2 Å². The van der Waals surface area contributed by atoms with E-state index in [4.69, 9.17) is 4.74 Å². The van der Waals surface area contributed by atoms with Gasteiger partial charge in [0.2, 0.25) is 0 Å². The molecule has 0 saturated carbocycles. The Morgan fingerprint density at radius 2 is 1.71 bits per heavy atom. The fourth-order valence-corrected chi connectivity index (χ4v) is 3.50. The molecule has 0 aliphatic heterocycles. The molecule has 2 aromatic heterocycles. The van der Waals surface area contributed by atoms with Crippen molar-refractivity contribution in [3.05, 3.63) is 88.5 Å². The predicted molar refractivity (Wildman–Crippen MR) is 116 cm³/mol. The maximum atomic E-state index is 13.2. The highest BCUT2D eigenvalue weighted by Gasteiger charge is 2.26. The average Bonchev–Trinajstić information content (AvgIpc) is 3.08. The summed E-state index contributed by atoms with van der Waals surface area (Å²) in [6.45, 7) is 5.53. The first-order valence-electron chi connectivity index (χ1n) is 10.0. The molecular formula is C24H25N3O4. The van der Waals surface area contributed by atoms with Gasteiger partial charge in [-0.05, 0) is 56.2 Å². The van der Waals surface area contributed by atoms with E-state index < -0.39 is 5.97 Å². The molecule has 160 valence electrons. The highest BCUT2D eigenvalue weighted by atomic mass is 16.5. The molecule has 1 amide bonds. The second kappa shape index (κ2) is 9.84. The number of pyridine rings is 1. The Hall–Kier alpha value is -3.74. The number of rotatable bonds is 8. The van der Waals surface area contributed by atoms with E-state index in [1.165, 1.54) is 4.90 Å². The zero-order valence-corrected chi connectivity index (χ0v) is 17.8. The number of H-pyrrole nitrogens is 1. The summed E-state index contributed by atoms with van der Waals surface area (Å²) in [4.78, 5) is 47.0. The first kappa shape index (κ1) is 22.0. The van der Waals surface area contributed by atoms with Crippen LogP contribution in [0.25, 0.3) is 0 Å². The molecule has 0 fully saturated rings. The standard InChI is InChI=1S/C24H25N3O4/c1-4-31-24(30)22-16(2)21(17(3)26-22)20(28)15-27(14-18-10-12-25-13-11-18)23(29)19-8-6-5-7-9-19/h5-13,26H,4,14-15H2,1-3H3. The topological polar surface area (TPSA) is 92.4 Å². The summed E-state index contributed by atoms with van der Waals surface area (Å²) < 4.78 is 5.06. The zero-order valence-electron chi connectivity index (χ0n) is 17.8. The van der Waals surface area contributed by atoms with Crippen LogP contribution >= 0.6 is 0 Å². The van der Waals surface area contributed by atoms with Crippen molar-refractivity contribution >= 4 is 17.7 Å². The molecular weight excluding hydrogens is 394 g/mol. The van der Waals surface area contributed by atoms with Crippen LogP contribution in [-0.4, -0.2) is 45.7 Å². The van der Waals surface area contributed by atoms with E-state index in [0.29, 0.717) is 22.4 Å². The number of nitrogens with one attached hydrogen (secondary N) is 1. The van der Waals surface area contributed by atoms with Gasteiger partial charge in [-0.3, -0.25) is 14.6 Å². The number of ether oxygens (including phenoxy) is 1. The van der Waals surface area contributed by atoms with Crippen LogP contribution in [0.15, 0.2) is 54.9 Å². The molecule has 0 bridgehead atoms. The van der Waals surface area contributed by atoms with Crippen LogP contribution in [0, 0.1) is 13.8 Å². The van der Waals surface area contributed by atoms with Gasteiger partial charge < -0.3 is 14.6 Å². The fraction of sp³-hybridized carbons (Fsp3) is 0.250. The summed E-state index contributed by atoms with van der Waals surface area (Å²) in [5.41, 5.74) is 3.13. The van der Waals surface area contributed by atoms with Gasteiger partial charge in [0.15, 0.2) is 5.78 Å². The molecule has 0 unspecified atom stereocenters. The second-order valence-electron chi connectivity index (χ2n) is 7.15. The Morgan fingerprint density at radius 3 is 2.35 bits per heavy atom. The zero-order chi connectivity index (χ0) is 22.4. The third-order valence-electron chi connectivity index (χ3n) is 4.96. The minimum atomic E-state index is -0.504. The first-order chi connectivity index (χ1) is 14.9. The summed E-state index contributed by atoms with van der Waals surface area (Å²) >= 11 is 0. The quantitative estimate of drug-likeness (QED) is 0.444. The van der Waals surface area contributed by atoms with Crippen molar-refractivity contribution in [1.29, 1.82) is 0 Å². The molecule has 0 radical (unpaired) electrons. The van der Waals surface area contributed by atoms with Crippen molar-refractivity contribution in [3.63, 3.8) is 0 Å². The van der Waals surface area contributed by atoms with Crippen molar-refractivity contribution in [1.82, 2.24) is 14.9 Å². The van der Waals surface area contributed by atoms with Crippen molar-refractivity contribution in [3.8, 4) is 0 Å². The summed E-state index contributed by atoms with van der Waals surface area (Å²) in [6.07, 6.45) is 3.29. The Morgan fingerprint density at radius 1 is 1.03 bits per heavy atom. The van der Waals surface area contributed by atoms with Gasteiger partial charge in [-0.25, -0.2) is 4.79 Å². The molecule has 3 aromatic rings. The van der Waals surface area contributed by atoms with Crippen molar-refractivity contribution in [2.75, 3.05) is 13.2 Å². The number of hydrogen-bond donors (Lipinski definition) is 1. The molecule has 0 aliphatic rings. The van der Waals surface area contributed by atoms with Gasteiger partial charge >= 0.3 is 5.97 Å². The highest BCUT2D eigenvalue weighted by Crippen LogP contribution is 2.21. The van der Waals surface area contributed by atoms with Gasteiger partial charge in [0.05, 0.1) is 13.2 Å². The molecule has 1 N–H and O–H groups in total. The number of esters is 1. The number of aryl methyl sites for hydroxylation is 1. The minimum Gasteiger partial charge on any atom is -0.461 e. The lowest BCUT2D eigenvalue weighted by atomic mass is 10.0. The second-order valence-corrected chi connectivity index (χ2v) is 7.15. The van der Waals surface area contributed by atoms with Gasteiger partial charge in [0.1, 0.15) is 5.69 Å². The number of aromatic amines is 1. The number of ketones is 1. The predicted octanol–water partition coefficient (Wildman–Crippen LogP) is 3.73. The lowest BCUT2D eigenvalue weighted by Crippen LogP contribution is -2.35. The van der Waals surface area contributed by atoms with Crippen LogP contribution in [0.4, 0.5) is 0 Å². The molecule has 3 rings (SSSR count). The number of Topliss-reactive ketones (excluding diaryl/α,β-unsaturated/α-hetero) is 1. The van der Waals surface area contributed by atoms with Crippen LogP contribution in [0.2, 0.25) is 0 Å². The fourth-order valence-electron chi connectivity index (χ4n) is 3.50. The minimum absolute atomic E-state index is 0.127. The Balaban J connectivity index is 1.90. The number of carbonyl (C=O) groups is 3. The van der Waals surface area contributed by atoms with Crippen molar-refractivity contribution in [2.24, 2.45) is 0 Å². The monoisotopic (exact) mass is 419 g/mol. The Bertz CT molecular complexity index is 1070. The number of benzene rings is 1. The van der Waals surface area contributed by atoms with E-state index in [1.807, 2.05) is 6.07 Å². The normalized spacial score (nSPS) is 10.5. The third kappa shape index (κ3) is 5.06. The van der Waals surface area contributed by atoms with Crippen LogP contribution in [0.3, 0.4) is 0 Å². The molecule has 31 heavy (non-hydrogen) atoms. The molecule has 0 spiro atoms. The Kier molecular flexibility index (Phi) is 6.97. The molecule has 2 heterocycles. The summed E-state index contributed by atoms with van der Waals surface area (Å²) in [7, 11) is 0. The van der Waals surface area contributed by atoms with Gasteiger partial charge in [0, 0.05) is 35.8 Å². The third-order valence-corrected chi connectivity index (χ3v) is 4.96. The van der Waals surface area contributed by atoms with Gasteiger partial charge in [-0.2, -0.15) is 0 Å². The number of hydrogen-bond acceptors (Lipinski definition) is 5. The van der Waals surface area contributed by atoms with Gasteiger partial charge in [-0.15, -0.1) is 0 Å². The van der Waals surface area contributed by atoms with Gasteiger partial charge in [0.25, 0.3) is 5.91 Å². The average molecular weight is 419 g/mol. The van der Waals surface area contributed by atoms with Crippen molar-refractivity contribution < 1.29 is 19.1 Å². The number of nitrogens with zero attached hydrogens (tertiary/aromatic N) is 2. The summed E-state index contributed by atoms with van der Waals surface area (Å²) in [6, 6.07) is 12.5. The molecule has 0 saturated heterocycles. The molecule has 7 heteroatoms. The number of carbonyl (C=O) groups excluding carboxylic acids is 3. The molecule has 0 aliphatic carbocycles. The maximum Gasteiger partial charge on any atom is 0.355 e. The van der Waals surface area contributed by atoms with E-state index in [1.54, 1.807) is 69.6 Å². The lowest BCUT2D eigenvalue weighted by molar-refractivity contribution is 0.0519. The number of aromatic nitrogens is 2. The van der Waals surface area contributed by atoms with Crippen LogP contribution < -0.4 is 0 Å². The van der Waals surface area contributed by atoms with Crippen LogP contribution in [0.5, 0.6) is 0 Å². The van der Waals surface area contributed by atoms with E-state index in [2.05, 4.69) is 9.97 Å². The molecule has 7 nitrogen and oxygen atoms in total. The van der Waals surface area contributed by atoms with E-state index >= 15 is 0 Å². The van der Waals surface area contributed by atoms with Crippen LogP contribution in [0.1, 0.15) is 54.9 Å². The smallest absolute Gasteiger partial charge is 0.355 e. The van der Waals surface area contributed by atoms with E-state index in [-0.39, 0.29) is 37.1 Å². The SMILES string of the molecule is CCOC(=O)c1[nH]c(C)c(C(=O)CN(Cc2ccncc2)C(=O)c2ccccc2)c1C. The molecule has 1 aromatic carbocycles. The lowest BCUT2D eigenvalue weighted by Gasteiger charge is -2.22. The van der Waals surface area contributed by atoms with E-state index in [9.17, 15) is 14.4 Å². The van der Waals surface area contributed by atoms with E-state index in [0.717, 1.165) is 5.56 Å². The maximum absolute atomic E-state index is 13.2. The molecule has 0 atom stereocenters. The number of amides is 1. The summed E-state index contributed by atoms with van der Waals surface area (Å²) in [5.74, 6) is -1.00.